The Morgan fingerprint density at radius 3 is 2.71 bits per heavy atom. The van der Waals surface area contributed by atoms with E-state index in [2.05, 4.69) is 15.5 Å². The van der Waals surface area contributed by atoms with Crippen LogP contribution in [0.4, 0.5) is 4.39 Å². The number of carbonyl (C=O) groups excluding carboxylic acids is 1. The van der Waals surface area contributed by atoms with Gasteiger partial charge in [-0.2, -0.15) is 0 Å². The minimum absolute atomic E-state index is 0.141. The van der Waals surface area contributed by atoms with E-state index in [0.29, 0.717) is 36.2 Å². The van der Waals surface area contributed by atoms with Gasteiger partial charge in [0.2, 0.25) is 11.8 Å². The van der Waals surface area contributed by atoms with E-state index in [1.54, 1.807) is 18.2 Å². The van der Waals surface area contributed by atoms with Crippen molar-refractivity contribution < 1.29 is 18.3 Å². The third-order valence-corrected chi connectivity index (χ3v) is 4.64. The van der Waals surface area contributed by atoms with Gasteiger partial charge in [0.15, 0.2) is 0 Å². The topological polar surface area (TPSA) is 77.2 Å². The molecule has 0 aliphatic heterocycles. The van der Waals surface area contributed by atoms with Gasteiger partial charge in [-0.1, -0.05) is 30.0 Å². The SMILES string of the molecule is CCOc1ccc(-c2nnc(SCC(=O)NCCc3ccccc3F)o2)cc1. The zero-order chi connectivity index (χ0) is 19.8. The first kappa shape index (κ1) is 19.9. The molecular weight excluding hydrogens is 381 g/mol. The molecule has 6 nitrogen and oxygen atoms in total. The molecule has 0 bridgehead atoms. The van der Waals surface area contributed by atoms with Gasteiger partial charge in [-0.3, -0.25) is 4.79 Å². The van der Waals surface area contributed by atoms with E-state index in [1.807, 2.05) is 31.2 Å². The summed E-state index contributed by atoms with van der Waals surface area (Å²) in [6.07, 6.45) is 0.436. The number of ether oxygens (including phenoxy) is 1. The number of amides is 1. The number of aromatic nitrogens is 2. The van der Waals surface area contributed by atoms with Crippen LogP contribution in [0.5, 0.6) is 5.75 Å². The van der Waals surface area contributed by atoms with E-state index in [-0.39, 0.29) is 17.5 Å². The fourth-order valence-electron chi connectivity index (χ4n) is 2.46. The van der Waals surface area contributed by atoms with Crippen molar-refractivity contribution in [1.82, 2.24) is 15.5 Å². The van der Waals surface area contributed by atoms with Crippen LogP contribution in [0.3, 0.4) is 0 Å². The molecule has 1 aromatic heterocycles. The van der Waals surface area contributed by atoms with Crippen molar-refractivity contribution in [1.29, 1.82) is 0 Å². The Bertz CT molecular complexity index is 915. The van der Waals surface area contributed by atoms with Gasteiger partial charge in [-0.05, 0) is 49.2 Å². The summed E-state index contributed by atoms with van der Waals surface area (Å²) in [7, 11) is 0. The molecule has 0 aliphatic rings. The zero-order valence-corrected chi connectivity index (χ0v) is 16.2. The molecule has 8 heteroatoms. The average Bonchev–Trinajstić information content (AvgIpc) is 3.18. The van der Waals surface area contributed by atoms with Gasteiger partial charge < -0.3 is 14.5 Å². The molecule has 0 unspecified atom stereocenters. The first-order valence-electron chi connectivity index (χ1n) is 8.85. The standard InChI is InChI=1S/C20H20FN3O3S/c1-2-26-16-9-7-15(8-10-16)19-23-24-20(27-19)28-13-18(25)22-12-11-14-5-3-4-6-17(14)21/h3-10H,2,11-13H2,1H3,(H,22,25). The second-order valence-electron chi connectivity index (χ2n) is 5.81. The Hall–Kier alpha value is -2.87. The van der Waals surface area contributed by atoms with Crippen LogP contribution in [0, 0.1) is 5.82 Å². The van der Waals surface area contributed by atoms with Crippen LogP contribution in [0.25, 0.3) is 11.5 Å². The minimum Gasteiger partial charge on any atom is -0.494 e. The summed E-state index contributed by atoms with van der Waals surface area (Å²) in [5.74, 6) is 0.848. The molecule has 146 valence electrons. The van der Waals surface area contributed by atoms with Crippen molar-refractivity contribution in [3.63, 3.8) is 0 Å². The normalized spacial score (nSPS) is 10.6. The van der Waals surface area contributed by atoms with Crippen LogP contribution in [-0.4, -0.2) is 35.0 Å². The van der Waals surface area contributed by atoms with Crippen LogP contribution in [0.2, 0.25) is 0 Å². The number of hydrogen-bond acceptors (Lipinski definition) is 6. The predicted molar refractivity (Wildman–Crippen MR) is 105 cm³/mol. The van der Waals surface area contributed by atoms with E-state index >= 15 is 0 Å². The molecule has 0 atom stereocenters. The summed E-state index contributed by atoms with van der Waals surface area (Å²) >= 11 is 1.15. The number of nitrogens with zero attached hydrogens (tertiary/aromatic N) is 2. The molecular formula is C20H20FN3O3S. The second-order valence-corrected chi connectivity index (χ2v) is 6.74. The van der Waals surface area contributed by atoms with Crippen LogP contribution in [0.15, 0.2) is 58.2 Å². The molecule has 2 aromatic carbocycles. The van der Waals surface area contributed by atoms with Gasteiger partial charge in [-0.25, -0.2) is 4.39 Å². The maximum absolute atomic E-state index is 13.5. The smallest absolute Gasteiger partial charge is 0.277 e. The summed E-state index contributed by atoms with van der Waals surface area (Å²) in [5, 5.41) is 11.0. The number of thioether (sulfide) groups is 1. The molecule has 3 rings (SSSR count). The van der Waals surface area contributed by atoms with Gasteiger partial charge in [0, 0.05) is 12.1 Å². The molecule has 28 heavy (non-hydrogen) atoms. The van der Waals surface area contributed by atoms with Crippen molar-refractivity contribution in [2.75, 3.05) is 18.9 Å². The highest BCUT2D eigenvalue weighted by Crippen LogP contribution is 2.24. The summed E-state index contributed by atoms with van der Waals surface area (Å²) in [6.45, 7) is 2.89. The quantitative estimate of drug-likeness (QED) is 0.551. The number of hydrogen-bond donors (Lipinski definition) is 1. The average molecular weight is 401 g/mol. The molecule has 0 aliphatic carbocycles. The van der Waals surface area contributed by atoms with Gasteiger partial charge in [0.05, 0.1) is 12.4 Å². The lowest BCUT2D eigenvalue weighted by Crippen LogP contribution is -2.27. The summed E-state index contributed by atoms with van der Waals surface area (Å²) in [6, 6.07) is 13.9. The molecule has 0 saturated heterocycles. The molecule has 0 spiro atoms. The first-order valence-corrected chi connectivity index (χ1v) is 9.84. The lowest BCUT2D eigenvalue weighted by Gasteiger charge is -2.05. The maximum Gasteiger partial charge on any atom is 0.277 e. The number of nitrogens with one attached hydrogen (secondary N) is 1. The molecule has 1 N–H and O–H groups in total. The van der Waals surface area contributed by atoms with E-state index in [9.17, 15) is 9.18 Å². The van der Waals surface area contributed by atoms with Crippen molar-refractivity contribution >= 4 is 17.7 Å². The summed E-state index contributed by atoms with van der Waals surface area (Å²) in [4.78, 5) is 11.9. The predicted octanol–water partition coefficient (Wildman–Crippen LogP) is 3.73. The molecule has 0 saturated carbocycles. The van der Waals surface area contributed by atoms with Crippen molar-refractivity contribution in [2.45, 2.75) is 18.6 Å². The lowest BCUT2D eigenvalue weighted by molar-refractivity contribution is -0.118. The Balaban J connectivity index is 1.44. The van der Waals surface area contributed by atoms with Crippen LogP contribution in [0.1, 0.15) is 12.5 Å². The highest BCUT2D eigenvalue weighted by molar-refractivity contribution is 7.99. The van der Waals surface area contributed by atoms with Gasteiger partial charge in [0.1, 0.15) is 11.6 Å². The minimum atomic E-state index is -0.265. The summed E-state index contributed by atoms with van der Waals surface area (Å²) in [5.41, 5.74) is 1.35. The molecule has 3 aromatic rings. The second kappa shape index (κ2) is 9.89. The number of carbonyl (C=O) groups is 1. The van der Waals surface area contributed by atoms with Gasteiger partial charge >= 0.3 is 0 Å². The van der Waals surface area contributed by atoms with Crippen LogP contribution >= 0.6 is 11.8 Å². The molecule has 0 fully saturated rings. The Labute approximate surface area is 166 Å². The van der Waals surface area contributed by atoms with E-state index in [0.717, 1.165) is 23.1 Å². The van der Waals surface area contributed by atoms with Gasteiger partial charge in [0.25, 0.3) is 5.22 Å². The van der Waals surface area contributed by atoms with Crippen molar-refractivity contribution in [3.8, 4) is 17.2 Å². The molecule has 1 heterocycles. The zero-order valence-electron chi connectivity index (χ0n) is 15.4. The Morgan fingerprint density at radius 2 is 1.96 bits per heavy atom. The largest absolute Gasteiger partial charge is 0.494 e. The van der Waals surface area contributed by atoms with Crippen LogP contribution in [-0.2, 0) is 11.2 Å². The highest BCUT2D eigenvalue weighted by atomic mass is 32.2. The van der Waals surface area contributed by atoms with E-state index < -0.39 is 0 Å². The number of benzene rings is 2. The van der Waals surface area contributed by atoms with Crippen molar-refractivity contribution in [3.05, 3.63) is 59.9 Å². The van der Waals surface area contributed by atoms with E-state index in [4.69, 9.17) is 9.15 Å². The fraction of sp³-hybridized carbons (Fsp3) is 0.250. The monoisotopic (exact) mass is 401 g/mol. The first-order chi connectivity index (χ1) is 13.7. The van der Waals surface area contributed by atoms with Crippen molar-refractivity contribution in [2.24, 2.45) is 0 Å². The Morgan fingerprint density at radius 1 is 1.18 bits per heavy atom. The highest BCUT2D eigenvalue weighted by Gasteiger charge is 2.11. The lowest BCUT2D eigenvalue weighted by atomic mass is 10.1. The van der Waals surface area contributed by atoms with Crippen LogP contribution < -0.4 is 10.1 Å². The number of halogens is 1. The van der Waals surface area contributed by atoms with E-state index in [1.165, 1.54) is 6.07 Å². The number of rotatable bonds is 9. The summed E-state index contributed by atoms with van der Waals surface area (Å²) < 4.78 is 24.5. The fourth-order valence-corrected chi connectivity index (χ4v) is 3.05. The Kier molecular flexibility index (Phi) is 7.02. The van der Waals surface area contributed by atoms with Gasteiger partial charge in [-0.15, -0.1) is 10.2 Å². The molecule has 1 amide bonds. The molecule has 0 radical (unpaired) electrons. The third-order valence-electron chi connectivity index (χ3n) is 3.82. The maximum atomic E-state index is 13.5. The third kappa shape index (κ3) is 5.56.